The van der Waals surface area contributed by atoms with E-state index in [2.05, 4.69) is 18.1 Å². The normalized spacial score (nSPS) is 10.3. The summed E-state index contributed by atoms with van der Waals surface area (Å²) in [6, 6.07) is 0. The third-order valence-electron chi connectivity index (χ3n) is 1.40. The molecule has 0 saturated heterocycles. The second-order valence-corrected chi connectivity index (χ2v) is 2.24. The summed E-state index contributed by atoms with van der Waals surface area (Å²) in [7, 11) is 0. The van der Waals surface area contributed by atoms with E-state index in [1.807, 2.05) is 6.08 Å². The van der Waals surface area contributed by atoms with Gasteiger partial charge in [0.1, 0.15) is 0 Å². The van der Waals surface area contributed by atoms with Crippen molar-refractivity contribution in [2.24, 2.45) is 0 Å². The highest BCUT2D eigenvalue weighted by Crippen LogP contribution is 2.08. The summed E-state index contributed by atoms with van der Waals surface area (Å²) >= 11 is 0. The summed E-state index contributed by atoms with van der Waals surface area (Å²) in [5, 5.41) is 0. The highest BCUT2D eigenvalue weighted by molar-refractivity contribution is 5.58. The Balaban J connectivity index is 2.85. The van der Waals surface area contributed by atoms with Crippen LogP contribution in [-0.4, -0.2) is 9.55 Å². The Morgan fingerprint density at radius 1 is 1.67 bits per heavy atom. The minimum Gasteiger partial charge on any atom is -0.369 e. The molecule has 1 aromatic rings. The summed E-state index contributed by atoms with van der Waals surface area (Å²) in [4.78, 5) is 3.87. The standard InChI is InChI=1S/C9H11N3/c1-3-4-5-8(2)12-7-6-11-9(12)10/h3-7H,1-2H2,(H2,10,11)/b5-4-. The lowest BCUT2D eigenvalue weighted by molar-refractivity contribution is 1.12. The molecule has 0 aliphatic carbocycles. The molecule has 1 aromatic heterocycles. The molecule has 0 spiro atoms. The molecule has 0 bridgehead atoms. The predicted octanol–water partition coefficient (Wildman–Crippen LogP) is 1.68. The van der Waals surface area contributed by atoms with Crippen LogP contribution in [0.15, 0.2) is 43.8 Å². The average Bonchev–Trinajstić information content (AvgIpc) is 2.47. The Labute approximate surface area is 71.5 Å². The number of aromatic nitrogens is 2. The van der Waals surface area contributed by atoms with Gasteiger partial charge in [-0.3, -0.25) is 4.57 Å². The molecule has 1 rings (SSSR count). The molecule has 0 amide bonds. The smallest absolute Gasteiger partial charge is 0.204 e. The molecule has 0 aliphatic rings. The van der Waals surface area contributed by atoms with Crippen LogP contribution in [0.2, 0.25) is 0 Å². The number of imidazole rings is 1. The van der Waals surface area contributed by atoms with Gasteiger partial charge >= 0.3 is 0 Å². The third kappa shape index (κ3) is 1.63. The first-order valence-electron chi connectivity index (χ1n) is 3.53. The summed E-state index contributed by atoms with van der Waals surface area (Å²) in [6.07, 6.45) is 8.67. The van der Waals surface area contributed by atoms with Gasteiger partial charge in [-0.2, -0.15) is 0 Å². The molecule has 0 fully saturated rings. The molecular weight excluding hydrogens is 150 g/mol. The van der Waals surface area contributed by atoms with Crippen molar-refractivity contribution in [2.75, 3.05) is 5.73 Å². The van der Waals surface area contributed by atoms with Crippen LogP contribution in [0, 0.1) is 0 Å². The molecule has 0 radical (unpaired) electrons. The van der Waals surface area contributed by atoms with E-state index < -0.39 is 0 Å². The molecule has 0 atom stereocenters. The van der Waals surface area contributed by atoms with E-state index in [9.17, 15) is 0 Å². The van der Waals surface area contributed by atoms with Gasteiger partial charge in [-0.25, -0.2) is 4.98 Å². The van der Waals surface area contributed by atoms with Crippen molar-refractivity contribution in [1.82, 2.24) is 9.55 Å². The maximum atomic E-state index is 5.54. The Kier molecular flexibility index (Phi) is 2.48. The lowest BCUT2D eigenvalue weighted by Gasteiger charge is -2.01. The zero-order chi connectivity index (χ0) is 8.97. The molecule has 0 aromatic carbocycles. The predicted molar refractivity (Wildman–Crippen MR) is 51.3 cm³/mol. The Morgan fingerprint density at radius 2 is 2.42 bits per heavy atom. The van der Waals surface area contributed by atoms with Crippen LogP contribution >= 0.6 is 0 Å². The summed E-state index contributed by atoms with van der Waals surface area (Å²) in [5.74, 6) is 0.439. The lowest BCUT2D eigenvalue weighted by Crippen LogP contribution is -1.98. The SMILES string of the molecule is C=C/C=C\C(=C)n1ccnc1N. The number of nitrogen functional groups attached to an aromatic ring is 1. The van der Waals surface area contributed by atoms with Gasteiger partial charge in [0, 0.05) is 18.1 Å². The fourth-order valence-corrected chi connectivity index (χ4v) is 0.817. The van der Waals surface area contributed by atoms with Gasteiger partial charge in [-0.15, -0.1) is 0 Å². The van der Waals surface area contributed by atoms with Gasteiger partial charge in [-0.05, 0) is 6.08 Å². The van der Waals surface area contributed by atoms with E-state index in [0.29, 0.717) is 5.95 Å². The van der Waals surface area contributed by atoms with Crippen LogP contribution in [0.1, 0.15) is 0 Å². The van der Waals surface area contributed by atoms with Crippen LogP contribution in [-0.2, 0) is 0 Å². The van der Waals surface area contributed by atoms with E-state index >= 15 is 0 Å². The Morgan fingerprint density at radius 3 is 2.92 bits per heavy atom. The molecule has 0 aliphatic heterocycles. The van der Waals surface area contributed by atoms with Crippen LogP contribution in [0.4, 0.5) is 5.95 Å². The zero-order valence-corrected chi connectivity index (χ0v) is 6.77. The Bertz CT molecular complexity index is 320. The number of nitrogens with two attached hydrogens (primary N) is 1. The number of rotatable bonds is 3. The Hall–Kier alpha value is -1.77. The van der Waals surface area contributed by atoms with Gasteiger partial charge in [0.05, 0.1) is 0 Å². The van der Waals surface area contributed by atoms with E-state index in [1.165, 1.54) is 0 Å². The van der Waals surface area contributed by atoms with Crippen molar-refractivity contribution in [3.8, 4) is 0 Å². The van der Waals surface area contributed by atoms with Crippen LogP contribution in [0.25, 0.3) is 5.70 Å². The number of hydrogen-bond donors (Lipinski definition) is 1. The van der Waals surface area contributed by atoms with E-state index in [0.717, 1.165) is 5.70 Å². The molecule has 2 N–H and O–H groups in total. The topological polar surface area (TPSA) is 43.8 Å². The summed E-state index contributed by atoms with van der Waals surface area (Å²) in [5.41, 5.74) is 6.31. The number of anilines is 1. The molecule has 3 heteroatoms. The molecule has 0 unspecified atom stereocenters. The maximum absolute atomic E-state index is 5.54. The molecule has 62 valence electrons. The summed E-state index contributed by atoms with van der Waals surface area (Å²) < 4.78 is 1.69. The van der Waals surface area contributed by atoms with Crippen molar-refractivity contribution >= 4 is 11.6 Å². The van der Waals surface area contributed by atoms with Gasteiger partial charge in [-0.1, -0.05) is 25.3 Å². The summed E-state index contributed by atoms with van der Waals surface area (Å²) in [6.45, 7) is 7.36. The van der Waals surface area contributed by atoms with Crippen molar-refractivity contribution in [3.05, 3.63) is 43.8 Å². The van der Waals surface area contributed by atoms with Gasteiger partial charge in [0.2, 0.25) is 5.95 Å². The van der Waals surface area contributed by atoms with Crippen molar-refractivity contribution in [3.63, 3.8) is 0 Å². The van der Waals surface area contributed by atoms with Crippen LogP contribution < -0.4 is 5.73 Å². The first kappa shape index (κ1) is 8.33. The van der Waals surface area contributed by atoms with Crippen LogP contribution in [0.5, 0.6) is 0 Å². The molecule has 12 heavy (non-hydrogen) atoms. The fraction of sp³-hybridized carbons (Fsp3) is 0. The highest BCUT2D eigenvalue weighted by Gasteiger charge is 1.96. The number of allylic oxidation sites excluding steroid dienone is 4. The van der Waals surface area contributed by atoms with E-state index in [4.69, 9.17) is 5.73 Å². The minimum atomic E-state index is 0.439. The van der Waals surface area contributed by atoms with E-state index in [1.54, 1.807) is 29.1 Å². The third-order valence-corrected chi connectivity index (χ3v) is 1.40. The first-order valence-corrected chi connectivity index (χ1v) is 3.53. The number of hydrogen-bond acceptors (Lipinski definition) is 2. The first-order chi connectivity index (χ1) is 5.75. The largest absolute Gasteiger partial charge is 0.369 e. The monoisotopic (exact) mass is 161 g/mol. The zero-order valence-electron chi connectivity index (χ0n) is 6.77. The lowest BCUT2D eigenvalue weighted by atomic mass is 10.4. The van der Waals surface area contributed by atoms with Gasteiger partial charge in [0.25, 0.3) is 0 Å². The number of nitrogens with zero attached hydrogens (tertiary/aromatic N) is 2. The second-order valence-electron chi connectivity index (χ2n) is 2.24. The van der Waals surface area contributed by atoms with Crippen molar-refractivity contribution < 1.29 is 0 Å². The van der Waals surface area contributed by atoms with Crippen molar-refractivity contribution in [2.45, 2.75) is 0 Å². The average molecular weight is 161 g/mol. The second kappa shape index (κ2) is 3.57. The molecular formula is C9H11N3. The highest BCUT2D eigenvalue weighted by atomic mass is 15.1. The quantitative estimate of drug-likeness (QED) is 0.685. The van der Waals surface area contributed by atoms with Crippen molar-refractivity contribution in [1.29, 1.82) is 0 Å². The van der Waals surface area contributed by atoms with Gasteiger partial charge < -0.3 is 5.73 Å². The molecule has 1 heterocycles. The molecule has 0 saturated carbocycles. The fourth-order valence-electron chi connectivity index (χ4n) is 0.817. The van der Waals surface area contributed by atoms with Crippen LogP contribution in [0.3, 0.4) is 0 Å². The minimum absolute atomic E-state index is 0.439. The van der Waals surface area contributed by atoms with E-state index in [-0.39, 0.29) is 0 Å². The molecule has 3 nitrogen and oxygen atoms in total. The van der Waals surface area contributed by atoms with Gasteiger partial charge in [0.15, 0.2) is 0 Å². The maximum Gasteiger partial charge on any atom is 0.204 e.